The van der Waals surface area contributed by atoms with Gasteiger partial charge in [-0.25, -0.2) is 4.39 Å². The average Bonchev–Trinajstić information content (AvgIpc) is 2.87. The number of halogens is 1. The van der Waals surface area contributed by atoms with Crippen molar-refractivity contribution < 1.29 is 4.39 Å². The average molecular weight is 272 g/mol. The zero-order valence-electron chi connectivity index (χ0n) is 11.4. The van der Waals surface area contributed by atoms with Crippen LogP contribution in [0.2, 0.25) is 0 Å². The molecule has 0 amide bonds. The molecule has 1 aliphatic heterocycles. The first-order valence-corrected chi connectivity index (χ1v) is 6.90. The third-order valence-corrected chi connectivity index (χ3v) is 3.83. The monoisotopic (exact) mass is 272 g/mol. The van der Waals surface area contributed by atoms with Crippen molar-refractivity contribution in [3.63, 3.8) is 0 Å². The van der Waals surface area contributed by atoms with Crippen LogP contribution in [0.5, 0.6) is 0 Å². The van der Waals surface area contributed by atoms with E-state index >= 15 is 0 Å². The molecule has 104 valence electrons. The Hall–Kier alpha value is -1.94. The van der Waals surface area contributed by atoms with Crippen molar-refractivity contribution in [2.45, 2.75) is 25.9 Å². The van der Waals surface area contributed by atoms with Crippen LogP contribution >= 0.6 is 0 Å². The minimum Gasteiger partial charge on any atom is -0.355 e. The quantitative estimate of drug-likeness (QED) is 0.872. The molecule has 20 heavy (non-hydrogen) atoms. The van der Waals surface area contributed by atoms with Gasteiger partial charge in [-0.05, 0) is 18.6 Å². The maximum absolute atomic E-state index is 13.8. The van der Waals surface area contributed by atoms with Gasteiger partial charge in [0.25, 0.3) is 0 Å². The topological polar surface area (TPSA) is 36.1 Å². The fourth-order valence-electron chi connectivity index (χ4n) is 2.78. The molecule has 4 heteroatoms. The van der Waals surface area contributed by atoms with Gasteiger partial charge in [-0.3, -0.25) is 9.69 Å². The standard InChI is InChI=1S/C16H17FN2O/c1-2-12-5-4-8-19(12)10-11-9-15(20)13-6-3-7-14(17)16(13)18-11/h3-7,9,12H,2,8,10H2,1H3,(H,18,20)/t12-/m0/s1. The second-order valence-electron chi connectivity index (χ2n) is 5.15. The molecule has 0 aliphatic carbocycles. The Bertz CT molecular complexity index is 720. The van der Waals surface area contributed by atoms with Crippen molar-refractivity contribution >= 4 is 10.9 Å². The molecule has 0 fully saturated rings. The smallest absolute Gasteiger partial charge is 0.189 e. The Kier molecular flexibility index (Phi) is 3.40. The largest absolute Gasteiger partial charge is 0.355 e. The lowest BCUT2D eigenvalue weighted by atomic mass is 10.1. The number of aromatic nitrogens is 1. The second kappa shape index (κ2) is 5.21. The Morgan fingerprint density at radius 2 is 2.30 bits per heavy atom. The lowest BCUT2D eigenvalue weighted by Crippen LogP contribution is -2.29. The third kappa shape index (κ3) is 2.27. The zero-order valence-corrected chi connectivity index (χ0v) is 11.4. The van der Waals surface area contributed by atoms with Crippen LogP contribution in [-0.4, -0.2) is 22.5 Å². The molecule has 3 rings (SSSR count). The summed E-state index contributed by atoms with van der Waals surface area (Å²) >= 11 is 0. The first-order chi connectivity index (χ1) is 9.69. The van der Waals surface area contributed by atoms with Gasteiger partial charge < -0.3 is 4.98 Å². The number of nitrogens with one attached hydrogen (secondary N) is 1. The van der Waals surface area contributed by atoms with Gasteiger partial charge in [0.2, 0.25) is 0 Å². The number of aromatic amines is 1. The number of hydrogen-bond acceptors (Lipinski definition) is 2. The number of hydrogen-bond donors (Lipinski definition) is 1. The molecule has 1 atom stereocenters. The molecule has 1 aromatic heterocycles. The number of rotatable bonds is 3. The normalized spacial score (nSPS) is 19.0. The fourth-order valence-corrected chi connectivity index (χ4v) is 2.78. The molecule has 1 aromatic carbocycles. The molecule has 0 radical (unpaired) electrons. The van der Waals surface area contributed by atoms with E-state index in [0.717, 1.165) is 18.7 Å². The molecule has 0 saturated heterocycles. The van der Waals surface area contributed by atoms with E-state index in [2.05, 4.69) is 29.0 Å². The van der Waals surface area contributed by atoms with Crippen LogP contribution in [-0.2, 0) is 6.54 Å². The minimum atomic E-state index is -0.381. The number of benzene rings is 1. The molecule has 0 spiro atoms. The fraction of sp³-hybridized carbons (Fsp3) is 0.312. The summed E-state index contributed by atoms with van der Waals surface area (Å²) in [6.45, 7) is 3.64. The number of fused-ring (bicyclic) bond motifs is 1. The van der Waals surface area contributed by atoms with Gasteiger partial charge in [0.1, 0.15) is 5.82 Å². The number of nitrogens with zero attached hydrogens (tertiary/aromatic N) is 1. The Morgan fingerprint density at radius 3 is 3.10 bits per heavy atom. The molecule has 1 aliphatic rings. The summed E-state index contributed by atoms with van der Waals surface area (Å²) in [5.41, 5.74) is 0.929. The van der Waals surface area contributed by atoms with Crippen LogP contribution in [0.3, 0.4) is 0 Å². The highest BCUT2D eigenvalue weighted by atomic mass is 19.1. The van der Waals surface area contributed by atoms with Crippen LogP contribution < -0.4 is 5.43 Å². The summed E-state index contributed by atoms with van der Waals surface area (Å²) in [4.78, 5) is 17.4. The number of pyridine rings is 1. The Labute approximate surface area is 116 Å². The zero-order chi connectivity index (χ0) is 14.1. The van der Waals surface area contributed by atoms with E-state index < -0.39 is 0 Å². The van der Waals surface area contributed by atoms with E-state index in [1.807, 2.05) is 0 Å². The van der Waals surface area contributed by atoms with Gasteiger partial charge in [0, 0.05) is 36.3 Å². The lowest BCUT2D eigenvalue weighted by molar-refractivity contribution is 0.255. The highest BCUT2D eigenvalue weighted by molar-refractivity contribution is 5.78. The summed E-state index contributed by atoms with van der Waals surface area (Å²) in [5, 5.41) is 0.403. The van der Waals surface area contributed by atoms with Crippen molar-refractivity contribution in [3.05, 3.63) is 58.2 Å². The highest BCUT2D eigenvalue weighted by Gasteiger charge is 2.18. The molecule has 2 heterocycles. The van der Waals surface area contributed by atoms with Crippen LogP contribution in [0.25, 0.3) is 10.9 Å². The van der Waals surface area contributed by atoms with Gasteiger partial charge in [0.15, 0.2) is 5.43 Å². The number of H-pyrrole nitrogens is 1. The van der Waals surface area contributed by atoms with E-state index in [9.17, 15) is 9.18 Å². The van der Waals surface area contributed by atoms with Gasteiger partial charge in [-0.1, -0.05) is 25.1 Å². The summed E-state index contributed by atoms with van der Waals surface area (Å²) in [6, 6.07) is 6.55. The summed E-state index contributed by atoms with van der Waals surface area (Å²) in [7, 11) is 0. The van der Waals surface area contributed by atoms with Crippen molar-refractivity contribution in [1.82, 2.24) is 9.88 Å². The highest BCUT2D eigenvalue weighted by Crippen LogP contribution is 2.17. The predicted octanol–water partition coefficient (Wildman–Crippen LogP) is 2.82. The lowest BCUT2D eigenvalue weighted by Gasteiger charge is -2.23. The molecule has 0 saturated carbocycles. The van der Waals surface area contributed by atoms with Gasteiger partial charge >= 0.3 is 0 Å². The Morgan fingerprint density at radius 1 is 1.45 bits per heavy atom. The second-order valence-corrected chi connectivity index (χ2v) is 5.15. The van der Waals surface area contributed by atoms with E-state index in [4.69, 9.17) is 0 Å². The third-order valence-electron chi connectivity index (χ3n) is 3.83. The van der Waals surface area contributed by atoms with Crippen LogP contribution in [0.15, 0.2) is 41.2 Å². The van der Waals surface area contributed by atoms with E-state index in [0.29, 0.717) is 23.5 Å². The summed E-state index contributed by atoms with van der Waals surface area (Å²) in [6.07, 6.45) is 5.34. The summed E-state index contributed by atoms with van der Waals surface area (Å²) in [5.74, 6) is -0.381. The maximum atomic E-state index is 13.8. The first-order valence-electron chi connectivity index (χ1n) is 6.90. The maximum Gasteiger partial charge on any atom is 0.189 e. The molecule has 1 N–H and O–H groups in total. The van der Waals surface area contributed by atoms with Crippen LogP contribution in [0, 0.1) is 5.82 Å². The van der Waals surface area contributed by atoms with Crippen LogP contribution in [0.1, 0.15) is 19.0 Å². The molecule has 2 aromatic rings. The van der Waals surface area contributed by atoms with Gasteiger partial charge in [-0.2, -0.15) is 0 Å². The van der Waals surface area contributed by atoms with Gasteiger partial charge in [-0.15, -0.1) is 0 Å². The molecule has 0 unspecified atom stereocenters. The molecular formula is C16H17FN2O. The first kappa shape index (κ1) is 13.1. The van der Waals surface area contributed by atoms with E-state index in [1.54, 1.807) is 18.2 Å². The van der Waals surface area contributed by atoms with Crippen molar-refractivity contribution in [1.29, 1.82) is 0 Å². The summed E-state index contributed by atoms with van der Waals surface area (Å²) < 4.78 is 13.8. The van der Waals surface area contributed by atoms with Gasteiger partial charge in [0.05, 0.1) is 5.52 Å². The van der Waals surface area contributed by atoms with Crippen molar-refractivity contribution in [2.75, 3.05) is 6.54 Å². The van der Waals surface area contributed by atoms with E-state index in [1.165, 1.54) is 6.07 Å². The van der Waals surface area contributed by atoms with Crippen molar-refractivity contribution in [3.8, 4) is 0 Å². The predicted molar refractivity (Wildman–Crippen MR) is 78.2 cm³/mol. The molecule has 0 bridgehead atoms. The van der Waals surface area contributed by atoms with Crippen LogP contribution in [0.4, 0.5) is 4.39 Å². The van der Waals surface area contributed by atoms with Crippen molar-refractivity contribution in [2.24, 2.45) is 0 Å². The molecule has 3 nitrogen and oxygen atoms in total. The molecular weight excluding hydrogens is 255 g/mol. The number of para-hydroxylation sites is 1. The van der Waals surface area contributed by atoms with E-state index in [-0.39, 0.29) is 11.2 Å². The SMILES string of the molecule is CC[C@H]1C=CCN1Cc1cc(=O)c2cccc(F)c2[nH]1. The minimum absolute atomic E-state index is 0.131. The Balaban J connectivity index is 1.97.